The van der Waals surface area contributed by atoms with Crippen LogP contribution >= 0.6 is 25.3 Å². The Morgan fingerprint density at radius 1 is 0.642 bits per heavy atom. The molecule has 3 aromatic heterocycles. The molecule has 1 aliphatic heterocycles. The number of benzene rings is 2. The molecule has 4 heterocycles. The number of aliphatic carboxylic acids is 2. The van der Waals surface area contributed by atoms with Crippen LogP contribution in [0.2, 0.25) is 0 Å². The Hall–Kier alpha value is -8.48. The zero-order valence-electron chi connectivity index (χ0n) is 43.4. The van der Waals surface area contributed by atoms with Crippen LogP contribution in [0.1, 0.15) is 48.9 Å². The van der Waals surface area contributed by atoms with Crippen LogP contribution < -0.4 is 48.7 Å². The van der Waals surface area contributed by atoms with Crippen LogP contribution in [-0.4, -0.2) is 184 Å². The van der Waals surface area contributed by atoms with E-state index in [2.05, 4.69) is 82.4 Å². The zero-order chi connectivity index (χ0) is 58.9. The lowest BCUT2D eigenvalue weighted by atomic mass is 10.0. The van der Waals surface area contributed by atoms with Gasteiger partial charge in [-0.15, -0.1) is 0 Å². The summed E-state index contributed by atoms with van der Waals surface area (Å²) in [5.41, 5.74) is 14.0. The quantitative estimate of drug-likeness (QED) is 0.0201. The molecule has 0 aliphatic carbocycles. The first-order valence-electron chi connectivity index (χ1n) is 25.5. The van der Waals surface area contributed by atoms with Crippen molar-refractivity contribution in [3.05, 3.63) is 90.3 Å². The zero-order valence-corrected chi connectivity index (χ0v) is 45.2. The minimum absolute atomic E-state index is 0.00617. The van der Waals surface area contributed by atoms with Gasteiger partial charge in [0, 0.05) is 89.8 Å². The molecule has 1 saturated heterocycles. The highest BCUT2D eigenvalue weighted by atomic mass is 32.1. The first-order valence-corrected chi connectivity index (χ1v) is 26.8. The summed E-state index contributed by atoms with van der Waals surface area (Å²) in [5, 5.41) is 47.9. The first-order chi connectivity index (χ1) is 38.7. The molecular weight excluding hydrogens is 1100 g/mol. The van der Waals surface area contributed by atoms with Crippen molar-refractivity contribution in [1.82, 2.24) is 62.1 Å². The van der Waals surface area contributed by atoms with Crippen molar-refractivity contribution in [3.63, 3.8) is 0 Å². The van der Waals surface area contributed by atoms with E-state index in [1.807, 2.05) is 6.07 Å². The van der Waals surface area contributed by atoms with Gasteiger partial charge >= 0.3 is 11.9 Å². The van der Waals surface area contributed by atoms with E-state index in [9.17, 15) is 68.1 Å². The predicted octanol–water partition coefficient (Wildman–Crippen LogP) is -3.21. The third-order valence-electron chi connectivity index (χ3n) is 13.4. The van der Waals surface area contributed by atoms with Gasteiger partial charge in [-0.05, 0) is 42.5 Å². The molecule has 434 valence electrons. The Bertz CT molecular complexity index is 3100. The molecule has 0 radical (unpaired) electrons. The molecule has 0 saturated carbocycles. The average molecular weight is 1160 g/mol. The number of carboxylic acids is 2. The molecule has 17 N–H and O–H groups in total. The fourth-order valence-electron chi connectivity index (χ4n) is 9.09. The molecule has 30 heteroatoms. The van der Waals surface area contributed by atoms with E-state index in [-0.39, 0.29) is 43.7 Å². The van der Waals surface area contributed by atoms with Crippen LogP contribution in [0.15, 0.2) is 73.4 Å². The van der Waals surface area contributed by atoms with E-state index in [4.69, 9.17) is 11.5 Å². The Labute approximate surface area is 472 Å². The predicted molar refractivity (Wildman–Crippen MR) is 296 cm³/mol. The molecule has 81 heavy (non-hydrogen) atoms. The molecule has 9 atom stereocenters. The molecule has 1 fully saturated rings. The Morgan fingerprint density at radius 2 is 1.16 bits per heavy atom. The summed E-state index contributed by atoms with van der Waals surface area (Å²) in [4.78, 5) is 162. The number of primary amides is 1. The van der Waals surface area contributed by atoms with E-state index in [1.54, 1.807) is 54.9 Å². The third-order valence-corrected chi connectivity index (χ3v) is 14.1. The van der Waals surface area contributed by atoms with Crippen molar-refractivity contribution in [3.8, 4) is 0 Å². The van der Waals surface area contributed by atoms with E-state index < -0.39 is 145 Å². The SMILES string of the molecule is NC(=O)CC[C@H](NC(=O)[C@H](Cc1c[nH]c2ccccc12)NC(=O)[C@H](CC(=O)O)NC(=O)[C@H](CO)NC(=O)[C@@H](N)CS)C(=O)N[C@@H](Cc1cnc[nH]1)C(=O)N1CCC[C@H]1C(=O)N[C@@H](Cc1c[nH]c2ccccc12)C(=O)N[C@@H](CS)C(=O)O. The maximum absolute atomic E-state index is 14.8. The van der Waals surface area contributed by atoms with Crippen LogP contribution in [0.4, 0.5) is 0 Å². The summed E-state index contributed by atoms with van der Waals surface area (Å²) in [5.74, 6) is -12.0. The number of fused-ring (bicyclic) bond motifs is 2. The first kappa shape index (κ1) is 61.7. The number of nitrogens with zero attached hydrogens (tertiary/aromatic N) is 2. The highest BCUT2D eigenvalue weighted by Crippen LogP contribution is 2.23. The maximum Gasteiger partial charge on any atom is 0.327 e. The molecule has 0 spiro atoms. The van der Waals surface area contributed by atoms with Gasteiger partial charge in [0.15, 0.2) is 0 Å². The number of aliphatic hydroxyl groups is 1. The number of amides is 9. The number of carboxylic acid groups (broad SMARTS) is 2. The molecule has 0 unspecified atom stereocenters. The normalized spacial score (nSPS) is 16.1. The largest absolute Gasteiger partial charge is 0.481 e. The second-order valence-corrected chi connectivity index (χ2v) is 19.9. The minimum Gasteiger partial charge on any atom is -0.481 e. The molecule has 1 aliphatic rings. The van der Waals surface area contributed by atoms with E-state index in [0.717, 1.165) is 10.9 Å². The lowest BCUT2D eigenvalue weighted by Crippen LogP contribution is -2.61. The smallest absolute Gasteiger partial charge is 0.327 e. The van der Waals surface area contributed by atoms with Crippen LogP contribution in [0.25, 0.3) is 21.8 Å². The van der Waals surface area contributed by atoms with Crippen LogP contribution in [-0.2, 0) is 72.0 Å². The van der Waals surface area contributed by atoms with Crippen molar-refractivity contribution in [1.29, 1.82) is 0 Å². The van der Waals surface area contributed by atoms with Gasteiger partial charge in [0.25, 0.3) is 0 Å². The average Bonchev–Trinajstić information content (AvgIpc) is 4.30. The Balaban J connectivity index is 1.26. The molecule has 0 bridgehead atoms. The number of aliphatic hydroxyl groups excluding tert-OH is 1. The number of thiol groups is 2. The van der Waals surface area contributed by atoms with E-state index in [1.165, 1.54) is 17.4 Å². The van der Waals surface area contributed by atoms with Crippen molar-refractivity contribution in [2.75, 3.05) is 24.7 Å². The van der Waals surface area contributed by atoms with Gasteiger partial charge in [0.05, 0.1) is 25.4 Å². The summed E-state index contributed by atoms with van der Waals surface area (Å²) >= 11 is 7.99. The molecular formula is C51H64N14O14S2. The summed E-state index contributed by atoms with van der Waals surface area (Å²) in [7, 11) is 0. The van der Waals surface area contributed by atoms with Crippen LogP contribution in [0.5, 0.6) is 0 Å². The summed E-state index contributed by atoms with van der Waals surface area (Å²) < 4.78 is 0. The number of H-pyrrole nitrogens is 3. The second-order valence-electron chi connectivity index (χ2n) is 19.1. The lowest BCUT2D eigenvalue weighted by Gasteiger charge is -2.31. The van der Waals surface area contributed by atoms with Gasteiger partial charge in [0.2, 0.25) is 53.2 Å². The highest BCUT2D eigenvalue weighted by Gasteiger charge is 2.41. The lowest BCUT2D eigenvalue weighted by molar-refractivity contribution is -0.143. The van der Waals surface area contributed by atoms with Gasteiger partial charge in [0.1, 0.15) is 48.3 Å². The number of aromatic amines is 3. The number of hydrogen-bond donors (Lipinski definition) is 17. The minimum atomic E-state index is -1.93. The molecule has 6 rings (SSSR count). The number of hydrogen-bond acceptors (Lipinski definition) is 16. The number of nitrogens with one attached hydrogen (secondary N) is 10. The summed E-state index contributed by atoms with van der Waals surface area (Å²) in [6.07, 6.45) is 3.64. The number of aromatic nitrogens is 4. The molecule has 5 aromatic rings. The fourth-order valence-corrected chi connectivity index (χ4v) is 9.50. The summed E-state index contributed by atoms with van der Waals surface area (Å²) in [6, 6.07) is 0.443. The number of imidazole rings is 1. The second kappa shape index (κ2) is 29.1. The van der Waals surface area contributed by atoms with Gasteiger partial charge in [-0.1, -0.05) is 36.4 Å². The van der Waals surface area contributed by atoms with Crippen molar-refractivity contribution in [2.24, 2.45) is 11.5 Å². The monoisotopic (exact) mass is 1160 g/mol. The van der Waals surface area contributed by atoms with Gasteiger partial charge < -0.3 is 83.9 Å². The van der Waals surface area contributed by atoms with Crippen LogP contribution in [0.3, 0.4) is 0 Å². The number of likely N-dealkylation sites (tertiary alicyclic amines) is 1. The fraction of sp³-hybridized carbons (Fsp3) is 0.412. The van der Waals surface area contributed by atoms with Gasteiger partial charge in [-0.3, -0.25) is 47.9 Å². The number of rotatable bonds is 30. The highest BCUT2D eigenvalue weighted by molar-refractivity contribution is 7.80. The number of nitrogens with two attached hydrogens (primary N) is 2. The number of carbonyl (C=O) groups is 11. The Morgan fingerprint density at radius 3 is 1.70 bits per heavy atom. The Kier molecular flexibility index (Phi) is 22.2. The summed E-state index contributed by atoms with van der Waals surface area (Å²) in [6.45, 7) is -0.990. The number of para-hydroxylation sites is 2. The van der Waals surface area contributed by atoms with Crippen molar-refractivity contribution in [2.45, 2.75) is 106 Å². The van der Waals surface area contributed by atoms with Crippen LogP contribution in [0, 0.1) is 0 Å². The van der Waals surface area contributed by atoms with Crippen molar-refractivity contribution < 1.29 is 68.1 Å². The molecule has 2 aromatic carbocycles. The van der Waals surface area contributed by atoms with Gasteiger partial charge in [-0.2, -0.15) is 25.3 Å². The van der Waals surface area contributed by atoms with E-state index >= 15 is 0 Å². The standard InChI is InChI=1S/C51H64N14O14S2/c52-30(22-80)43(70)63-38(21-66)48(75)60-36(17-42(68)69)47(74)59-34(14-25-18-55-31-8-3-1-6-28(25)31)45(72)58-33(11-12-41(53)67)44(71)62-37(16-27-20-54-24-57-27)50(77)65-13-5-10-40(65)49(76)61-35(46(73)64-39(23-81)51(78)79)15-26-19-56-32-9-4-2-7-29(26)32/h1-4,6-9,18-20,24,30,33-40,55-56,66,80-81H,5,10-17,21-23,52H2,(H2,53,67)(H,54,57)(H,58,72)(H,59,74)(H,60,75)(H,61,76)(H,62,71)(H,63,70)(H,64,73)(H,68,69)(H,78,79)/t30-,33-,34-,35-,36-,37-,38-,39-,40-/m0/s1. The molecule has 28 nitrogen and oxygen atoms in total. The maximum atomic E-state index is 14.8. The third kappa shape index (κ3) is 16.8. The van der Waals surface area contributed by atoms with E-state index in [0.29, 0.717) is 34.1 Å². The molecule has 9 amide bonds. The van der Waals surface area contributed by atoms with Crippen molar-refractivity contribution >= 4 is 112 Å². The number of carbonyl (C=O) groups excluding carboxylic acids is 9. The topological polar surface area (TPSA) is 448 Å². The van der Waals surface area contributed by atoms with Gasteiger partial charge in [-0.25, -0.2) is 9.78 Å².